The molecule has 1 aromatic rings. The van der Waals surface area contributed by atoms with Gasteiger partial charge < -0.3 is 10.4 Å². The number of likely N-dealkylation sites (N-methyl/N-ethyl adjacent to an activating group) is 1. The molecule has 0 aromatic carbocycles. The summed E-state index contributed by atoms with van der Waals surface area (Å²) >= 11 is 0. The zero-order valence-corrected chi connectivity index (χ0v) is 7.41. The Kier molecular flexibility index (Phi) is 3.19. The van der Waals surface area contributed by atoms with Gasteiger partial charge in [0, 0.05) is 24.5 Å². The number of aromatic nitrogens is 1. The van der Waals surface area contributed by atoms with Crippen LogP contribution in [0.2, 0.25) is 0 Å². The molecule has 0 bridgehead atoms. The summed E-state index contributed by atoms with van der Waals surface area (Å²) in [5.74, 6) is 0. The lowest BCUT2D eigenvalue weighted by Gasteiger charge is -2.09. The third-order valence-electron chi connectivity index (χ3n) is 1.68. The van der Waals surface area contributed by atoms with Crippen LogP contribution in [-0.2, 0) is 0 Å². The Balaban J connectivity index is 2.73. The second-order valence-corrected chi connectivity index (χ2v) is 2.87. The minimum Gasteiger partial charge on any atom is -0.387 e. The van der Waals surface area contributed by atoms with Gasteiger partial charge in [0.1, 0.15) is 0 Å². The molecule has 2 N–H and O–H groups in total. The lowest BCUT2D eigenvalue weighted by molar-refractivity contribution is 0.177. The quantitative estimate of drug-likeness (QED) is 0.692. The standard InChI is InChI=1S/C9H14N2O/c1-7-3-8(5-11-4-7)9(12)6-10-2/h3-5,9-10,12H,6H2,1-2H3. The summed E-state index contributed by atoms with van der Waals surface area (Å²) in [6.45, 7) is 2.52. The summed E-state index contributed by atoms with van der Waals surface area (Å²) in [5, 5.41) is 12.5. The highest BCUT2D eigenvalue weighted by Gasteiger charge is 2.05. The van der Waals surface area contributed by atoms with Gasteiger partial charge in [-0.2, -0.15) is 0 Å². The fraction of sp³-hybridized carbons (Fsp3) is 0.444. The molecular weight excluding hydrogens is 152 g/mol. The van der Waals surface area contributed by atoms with Crippen molar-refractivity contribution in [1.29, 1.82) is 0 Å². The van der Waals surface area contributed by atoms with Crippen molar-refractivity contribution in [2.75, 3.05) is 13.6 Å². The van der Waals surface area contributed by atoms with Crippen LogP contribution in [0.5, 0.6) is 0 Å². The third-order valence-corrected chi connectivity index (χ3v) is 1.68. The first kappa shape index (κ1) is 9.16. The van der Waals surface area contributed by atoms with Crippen molar-refractivity contribution < 1.29 is 5.11 Å². The molecule has 0 aliphatic carbocycles. The summed E-state index contributed by atoms with van der Waals surface area (Å²) in [5.41, 5.74) is 1.94. The van der Waals surface area contributed by atoms with Crippen molar-refractivity contribution >= 4 is 0 Å². The minimum atomic E-state index is -0.456. The fourth-order valence-corrected chi connectivity index (χ4v) is 1.07. The van der Waals surface area contributed by atoms with Crippen LogP contribution in [-0.4, -0.2) is 23.7 Å². The average molecular weight is 166 g/mol. The van der Waals surface area contributed by atoms with Crippen LogP contribution in [0.4, 0.5) is 0 Å². The first-order chi connectivity index (χ1) is 5.74. The fourth-order valence-electron chi connectivity index (χ4n) is 1.07. The van der Waals surface area contributed by atoms with Crippen LogP contribution in [0.1, 0.15) is 17.2 Å². The van der Waals surface area contributed by atoms with Gasteiger partial charge in [0.25, 0.3) is 0 Å². The van der Waals surface area contributed by atoms with E-state index in [2.05, 4.69) is 10.3 Å². The van der Waals surface area contributed by atoms with Gasteiger partial charge in [0.2, 0.25) is 0 Å². The molecule has 0 saturated heterocycles. The van der Waals surface area contributed by atoms with Gasteiger partial charge in [0.05, 0.1) is 6.10 Å². The molecule has 1 heterocycles. The number of aliphatic hydroxyl groups excluding tert-OH is 1. The molecule has 66 valence electrons. The highest BCUT2D eigenvalue weighted by Crippen LogP contribution is 2.11. The molecule has 0 fully saturated rings. The van der Waals surface area contributed by atoms with Crippen LogP contribution in [0.3, 0.4) is 0 Å². The third kappa shape index (κ3) is 2.29. The number of hydrogen-bond acceptors (Lipinski definition) is 3. The van der Waals surface area contributed by atoms with E-state index in [4.69, 9.17) is 0 Å². The van der Waals surface area contributed by atoms with Crippen LogP contribution >= 0.6 is 0 Å². The van der Waals surface area contributed by atoms with Gasteiger partial charge in [-0.15, -0.1) is 0 Å². The molecular formula is C9H14N2O. The van der Waals surface area contributed by atoms with Gasteiger partial charge in [-0.25, -0.2) is 0 Å². The number of nitrogens with one attached hydrogen (secondary N) is 1. The largest absolute Gasteiger partial charge is 0.387 e. The van der Waals surface area contributed by atoms with Gasteiger partial charge in [-0.05, 0) is 19.5 Å². The van der Waals surface area contributed by atoms with E-state index in [1.54, 1.807) is 12.4 Å². The predicted molar refractivity (Wildman–Crippen MR) is 47.9 cm³/mol. The van der Waals surface area contributed by atoms with E-state index < -0.39 is 6.10 Å². The molecule has 12 heavy (non-hydrogen) atoms. The second kappa shape index (κ2) is 4.18. The lowest BCUT2D eigenvalue weighted by atomic mass is 10.1. The summed E-state index contributed by atoms with van der Waals surface area (Å²) < 4.78 is 0. The van der Waals surface area contributed by atoms with Crippen LogP contribution in [0.25, 0.3) is 0 Å². The van der Waals surface area contributed by atoms with Gasteiger partial charge >= 0.3 is 0 Å². The summed E-state index contributed by atoms with van der Waals surface area (Å²) in [6, 6.07) is 1.94. The van der Waals surface area contributed by atoms with Crippen molar-refractivity contribution in [3.63, 3.8) is 0 Å². The van der Waals surface area contributed by atoms with Gasteiger partial charge in [-0.1, -0.05) is 6.07 Å². The monoisotopic (exact) mass is 166 g/mol. The van der Waals surface area contributed by atoms with E-state index >= 15 is 0 Å². The summed E-state index contributed by atoms with van der Waals surface area (Å²) in [7, 11) is 1.81. The number of pyridine rings is 1. The molecule has 0 amide bonds. The highest BCUT2D eigenvalue weighted by atomic mass is 16.3. The molecule has 0 radical (unpaired) electrons. The molecule has 1 aromatic heterocycles. The summed E-state index contributed by atoms with van der Waals surface area (Å²) in [4.78, 5) is 4.00. The number of rotatable bonds is 3. The number of hydrogen-bond donors (Lipinski definition) is 2. The van der Waals surface area contributed by atoms with Crippen LogP contribution in [0, 0.1) is 6.92 Å². The Bertz CT molecular complexity index is 250. The molecule has 3 heteroatoms. The SMILES string of the molecule is CNCC(O)c1cncc(C)c1. The molecule has 1 unspecified atom stereocenters. The lowest BCUT2D eigenvalue weighted by Crippen LogP contribution is -2.16. The van der Waals surface area contributed by atoms with Gasteiger partial charge in [-0.3, -0.25) is 4.98 Å². The zero-order chi connectivity index (χ0) is 8.97. The normalized spacial score (nSPS) is 12.9. The Morgan fingerprint density at radius 3 is 2.92 bits per heavy atom. The Hall–Kier alpha value is -0.930. The Morgan fingerprint density at radius 2 is 2.33 bits per heavy atom. The molecule has 0 saturated carbocycles. The van der Waals surface area contributed by atoms with Crippen molar-refractivity contribution in [2.24, 2.45) is 0 Å². The summed E-state index contributed by atoms with van der Waals surface area (Å²) in [6.07, 6.45) is 3.01. The predicted octanol–water partition coefficient (Wildman–Crippen LogP) is 0.643. The van der Waals surface area contributed by atoms with E-state index in [1.807, 2.05) is 20.0 Å². The maximum absolute atomic E-state index is 9.54. The zero-order valence-electron chi connectivity index (χ0n) is 7.41. The molecule has 1 rings (SSSR count). The van der Waals surface area contributed by atoms with Crippen LogP contribution < -0.4 is 5.32 Å². The molecule has 0 aliphatic heterocycles. The average Bonchev–Trinajstić information content (AvgIpc) is 2.05. The highest BCUT2D eigenvalue weighted by molar-refractivity contribution is 5.18. The van der Waals surface area contributed by atoms with Crippen molar-refractivity contribution in [3.05, 3.63) is 29.6 Å². The molecule has 0 spiro atoms. The van der Waals surface area contributed by atoms with Gasteiger partial charge in [0.15, 0.2) is 0 Å². The Morgan fingerprint density at radius 1 is 1.58 bits per heavy atom. The van der Waals surface area contributed by atoms with E-state index in [-0.39, 0.29) is 0 Å². The molecule has 1 atom stereocenters. The van der Waals surface area contributed by atoms with E-state index in [1.165, 1.54) is 0 Å². The number of nitrogens with zero attached hydrogens (tertiary/aromatic N) is 1. The number of aliphatic hydroxyl groups is 1. The van der Waals surface area contributed by atoms with E-state index in [9.17, 15) is 5.11 Å². The van der Waals surface area contributed by atoms with E-state index in [0.717, 1.165) is 11.1 Å². The maximum Gasteiger partial charge on any atom is 0.0929 e. The second-order valence-electron chi connectivity index (χ2n) is 2.87. The van der Waals surface area contributed by atoms with E-state index in [0.29, 0.717) is 6.54 Å². The van der Waals surface area contributed by atoms with Crippen molar-refractivity contribution in [1.82, 2.24) is 10.3 Å². The maximum atomic E-state index is 9.54. The first-order valence-corrected chi connectivity index (χ1v) is 3.98. The molecule has 3 nitrogen and oxygen atoms in total. The topological polar surface area (TPSA) is 45.1 Å². The van der Waals surface area contributed by atoms with Crippen LogP contribution in [0.15, 0.2) is 18.5 Å². The minimum absolute atomic E-state index is 0.456. The first-order valence-electron chi connectivity index (χ1n) is 3.98. The smallest absolute Gasteiger partial charge is 0.0929 e. The molecule has 0 aliphatic rings. The van der Waals surface area contributed by atoms with Crippen molar-refractivity contribution in [2.45, 2.75) is 13.0 Å². The van der Waals surface area contributed by atoms with Crippen molar-refractivity contribution in [3.8, 4) is 0 Å². The number of aryl methyl sites for hydroxylation is 1. The Labute approximate surface area is 72.5 Å².